The molecule has 0 saturated heterocycles. The van der Waals surface area contributed by atoms with E-state index in [2.05, 4.69) is 0 Å². The molecule has 2 rings (SSSR count). The molecule has 0 aliphatic carbocycles. The molecule has 0 bridgehead atoms. The summed E-state index contributed by atoms with van der Waals surface area (Å²) in [5.41, 5.74) is 0.00535. The molecule has 0 radical (unpaired) electrons. The molecule has 0 aromatic heterocycles. The van der Waals surface area contributed by atoms with Crippen molar-refractivity contribution in [3.63, 3.8) is 0 Å². The van der Waals surface area contributed by atoms with Gasteiger partial charge in [0.05, 0.1) is 5.92 Å². The van der Waals surface area contributed by atoms with Crippen LogP contribution in [0.3, 0.4) is 0 Å². The third-order valence-electron chi connectivity index (χ3n) is 3.04. The highest BCUT2D eigenvalue weighted by molar-refractivity contribution is 5.76. The highest BCUT2D eigenvalue weighted by Crippen LogP contribution is 2.24. The van der Waals surface area contributed by atoms with E-state index >= 15 is 0 Å². The first-order chi connectivity index (χ1) is 9.49. The fourth-order valence-corrected chi connectivity index (χ4v) is 1.97. The second-order valence-electron chi connectivity index (χ2n) is 4.35. The van der Waals surface area contributed by atoms with Gasteiger partial charge in [-0.3, -0.25) is 4.79 Å². The van der Waals surface area contributed by atoms with E-state index in [1.807, 2.05) is 0 Å². The highest BCUT2D eigenvalue weighted by atomic mass is 19.1. The Kier molecular flexibility index (Phi) is 4.08. The molecule has 1 atom stereocenters. The number of hydrogen-bond donors (Lipinski definition) is 1. The Bertz CT molecular complexity index is 603. The smallest absolute Gasteiger partial charge is 0.311 e. The molecule has 1 N–H and O–H groups in total. The van der Waals surface area contributed by atoms with E-state index in [1.165, 1.54) is 18.2 Å². The maximum atomic E-state index is 13.6. The van der Waals surface area contributed by atoms with E-state index in [-0.39, 0.29) is 12.0 Å². The summed E-state index contributed by atoms with van der Waals surface area (Å²) < 4.78 is 40.0. The molecule has 20 heavy (non-hydrogen) atoms. The Morgan fingerprint density at radius 2 is 1.55 bits per heavy atom. The second-order valence-corrected chi connectivity index (χ2v) is 4.35. The molecule has 0 spiro atoms. The standard InChI is InChI=1S/C15H11F3O2/c16-10-6-4-9(5-7-10)11(15(19)20)8-12-13(17)2-1-3-14(12)18/h1-7,11H,8H2,(H,19,20). The van der Waals surface area contributed by atoms with E-state index in [0.29, 0.717) is 5.56 Å². The molecule has 2 aromatic rings. The van der Waals surface area contributed by atoms with Crippen LogP contribution in [0.15, 0.2) is 42.5 Å². The second kappa shape index (κ2) is 5.77. The maximum Gasteiger partial charge on any atom is 0.311 e. The van der Waals surface area contributed by atoms with Gasteiger partial charge in [0.1, 0.15) is 17.5 Å². The summed E-state index contributed by atoms with van der Waals surface area (Å²) in [5.74, 6) is -4.45. The van der Waals surface area contributed by atoms with Crippen LogP contribution >= 0.6 is 0 Å². The van der Waals surface area contributed by atoms with Gasteiger partial charge in [0, 0.05) is 5.56 Å². The van der Waals surface area contributed by atoms with E-state index in [9.17, 15) is 23.1 Å². The first-order valence-electron chi connectivity index (χ1n) is 5.90. The van der Waals surface area contributed by atoms with Crippen molar-refractivity contribution in [2.45, 2.75) is 12.3 Å². The minimum Gasteiger partial charge on any atom is -0.481 e. The van der Waals surface area contributed by atoms with Crippen LogP contribution < -0.4 is 0 Å². The van der Waals surface area contributed by atoms with Gasteiger partial charge in [-0.05, 0) is 36.2 Å². The molecule has 2 nitrogen and oxygen atoms in total. The Balaban J connectivity index is 2.35. The number of rotatable bonds is 4. The molecular formula is C15H11F3O2. The summed E-state index contributed by atoms with van der Waals surface area (Å²) in [6.45, 7) is 0. The van der Waals surface area contributed by atoms with Gasteiger partial charge in [-0.1, -0.05) is 18.2 Å². The molecule has 0 fully saturated rings. The Morgan fingerprint density at radius 3 is 2.05 bits per heavy atom. The van der Waals surface area contributed by atoms with Crippen molar-refractivity contribution >= 4 is 5.97 Å². The Hall–Kier alpha value is -2.30. The lowest BCUT2D eigenvalue weighted by atomic mass is 9.91. The van der Waals surface area contributed by atoms with Gasteiger partial charge in [0.25, 0.3) is 0 Å². The Labute approximate surface area is 113 Å². The van der Waals surface area contributed by atoms with Crippen molar-refractivity contribution in [2.24, 2.45) is 0 Å². The zero-order valence-electron chi connectivity index (χ0n) is 10.3. The normalized spacial score (nSPS) is 12.2. The van der Waals surface area contributed by atoms with Crippen LogP contribution in [-0.4, -0.2) is 11.1 Å². The molecule has 0 saturated carbocycles. The summed E-state index contributed by atoms with van der Waals surface area (Å²) in [5, 5.41) is 9.20. The van der Waals surface area contributed by atoms with E-state index in [1.54, 1.807) is 0 Å². The zero-order chi connectivity index (χ0) is 14.7. The summed E-state index contributed by atoms with van der Waals surface area (Å²) >= 11 is 0. The number of halogens is 3. The topological polar surface area (TPSA) is 37.3 Å². The number of carbonyl (C=O) groups is 1. The van der Waals surface area contributed by atoms with Crippen molar-refractivity contribution in [3.05, 3.63) is 71.0 Å². The number of benzene rings is 2. The third kappa shape index (κ3) is 2.99. The number of carboxylic acid groups (broad SMARTS) is 1. The van der Waals surface area contributed by atoms with Crippen LogP contribution in [0.2, 0.25) is 0 Å². The third-order valence-corrected chi connectivity index (χ3v) is 3.04. The molecule has 5 heteroatoms. The first-order valence-corrected chi connectivity index (χ1v) is 5.90. The fourth-order valence-electron chi connectivity index (χ4n) is 1.97. The van der Waals surface area contributed by atoms with Crippen LogP contribution in [0, 0.1) is 17.5 Å². The molecule has 0 aliphatic heterocycles. The highest BCUT2D eigenvalue weighted by Gasteiger charge is 2.23. The predicted molar refractivity (Wildman–Crippen MR) is 66.8 cm³/mol. The van der Waals surface area contributed by atoms with Gasteiger partial charge in [-0.25, -0.2) is 13.2 Å². The van der Waals surface area contributed by atoms with Crippen LogP contribution in [0.5, 0.6) is 0 Å². The average Bonchev–Trinajstić information content (AvgIpc) is 2.39. The summed E-state index contributed by atoms with van der Waals surface area (Å²) in [6.07, 6.45) is -0.334. The number of carboxylic acids is 1. The molecule has 0 amide bonds. The van der Waals surface area contributed by atoms with Crippen LogP contribution in [-0.2, 0) is 11.2 Å². The van der Waals surface area contributed by atoms with Crippen molar-refractivity contribution in [1.82, 2.24) is 0 Å². The largest absolute Gasteiger partial charge is 0.481 e. The predicted octanol–water partition coefficient (Wildman–Crippen LogP) is 3.51. The molecule has 2 aromatic carbocycles. The molecule has 104 valence electrons. The van der Waals surface area contributed by atoms with Gasteiger partial charge < -0.3 is 5.11 Å². The van der Waals surface area contributed by atoms with Crippen LogP contribution in [0.25, 0.3) is 0 Å². The average molecular weight is 280 g/mol. The number of aliphatic carboxylic acids is 1. The maximum absolute atomic E-state index is 13.6. The quantitative estimate of drug-likeness (QED) is 0.930. The summed E-state index contributed by atoms with van der Waals surface area (Å²) in [7, 11) is 0. The zero-order valence-corrected chi connectivity index (χ0v) is 10.3. The minimum atomic E-state index is -1.22. The first kappa shape index (κ1) is 14.1. The van der Waals surface area contributed by atoms with E-state index in [4.69, 9.17) is 0 Å². The monoisotopic (exact) mass is 280 g/mol. The number of hydrogen-bond acceptors (Lipinski definition) is 1. The van der Waals surface area contributed by atoms with Crippen molar-refractivity contribution in [3.8, 4) is 0 Å². The SMILES string of the molecule is O=C(O)C(Cc1c(F)cccc1F)c1ccc(F)cc1. The van der Waals surface area contributed by atoms with Crippen LogP contribution in [0.1, 0.15) is 17.0 Å². The van der Waals surface area contributed by atoms with Gasteiger partial charge in [-0.15, -0.1) is 0 Å². The summed E-state index contributed by atoms with van der Waals surface area (Å²) in [4.78, 5) is 11.3. The molecule has 0 aliphatic rings. The van der Waals surface area contributed by atoms with Crippen LogP contribution in [0.4, 0.5) is 13.2 Å². The van der Waals surface area contributed by atoms with Gasteiger partial charge in [0.2, 0.25) is 0 Å². The lowest BCUT2D eigenvalue weighted by Gasteiger charge is -2.14. The van der Waals surface area contributed by atoms with Gasteiger partial charge >= 0.3 is 5.97 Å². The minimum absolute atomic E-state index is 0.288. The Morgan fingerprint density at radius 1 is 1.00 bits per heavy atom. The van der Waals surface area contributed by atoms with Gasteiger partial charge in [-0.2, -0.15) is 0 Å². The molecule has 1 unspecified atom stereocenters. The van der Waals surface area contributed by atoms with Gasteiger partial charge in [0.15, 0.2) is 0 Å². The van der Waals surface area contributed by atoms with E-state index in [0.717, 1.165) is 24.3 Å². The lowest BCUT2D eigenvalue weighted by Crippen LogP contribution is -2.16. The lowest BCUT2D eigenvalue weighted by molar-refractivity contribution is -0.138. The van der Waals surface area contributed by atoms with Crippen molar-refractivity contribution in [2.75, 3.05) is 0 Å². The van der Waals surface area contributed by atoms with Crippen molar-refractivity contribution in [1.29, 1.82) is 0 Å². The summed E-state index contributed by atoms with van der Waals surface area (Å²) in [6, 6.07) is 8.18. The van der Waals surface area contributed by atoms with Crippen molar-refractivity contribution < 1.29 is 23.1 Å². The fraction of sp³-hybridized carbons (Fsp3) is 0.133. The van der Waals surface area contributed by atoms with E-state index < -0.39 is 29.3 Å². The molecule has 0 heterocycles. The molecular weight excluding hydrogens is 269 g/mol.